The molecule has 0 saturated carbocycles. The van der Waals surface area contributed by atoms with Crippen LogP contribution in [0.15, 0.2) is 273 Å². The predicted molar refractivity (Wildman–Crippen MR) is 292 cm³/mol. The zero-order chi connectivity index (χ0) is 46.2. The lowest BCUT2D eigenvalue weighted by Gasteiger charge is -2.32. The largest absolute Gasteiger partial charge is 0.310 e. The number of aromatic nitrogens is 1. The van der Waals surface area contributed by atoms with Gasteiger partial charge in [0.25, 0.3) is 0 Å². The summed E-state index contributed by atoms with van der Waals surface area (Å²) in [6.45, 7) is 0. The topological polar surface area (TPSA) is 11.4 Å². The first kappa shape index (κ1) is 39.9. The average molecular weight is 892 g/mol. The molecule has 0 fully saturated rings. The van der Waals surface area contributed by atoms with Gasteiger partial charge in [-0.1, -0.05) is 188 Å². The first-order valence-corrected chi connectivity index (χ1v) is 24.2. The number of benzene rings is 11. The van der Waals surface area contributed by atoms with E-state index in [0.29, 0.717) is 0 Å². The smallest absolute Gasteiger partial charge is 0.0726 e. The van der Waals surface area contributed by atoms with Gasteiger partial charge in [-0.25, -0.2) is 0 Å². The lowest BCUT2D eigenvalue weighted by atomic mass is 9.70. The molecule has 14 rings (SSSR count). The molecule has 12 aromatic rings. The number of para-hydroxylation sites is 4. The van der Waals surface area contributed by atoms with Crippen LogP contribution in [-0.2, 0) is 5.41 Å². The summed E-state index contributed by atoms with van der Waals surface area (Å²) in [5, 5.41) is 2.47. The van der Waals surface area contributed by atoms with Gasteiger partial charge in [-0.2, -0.15) is 0 Å². The molecule has 328 valence electrons. The Morgan fingerprint density at radius 3 is 1.57 bits per heavy atom. The maximum atomic E-state index is 2.46. The van der Waals surface area contributed by atoms with Crippen molar-refractivity contribution >= 4 is 55.9 Å². The van der Waals surface area contributed by atoms with Gasteiger partial charge in [-0.15, -0.1) is 0 Å². The van der Waals surface area contributed by atoms with E-state index in [0.717, 1.165) is 39.8 Å². The molecule has 3 nitrogen and oxygen atoms in total. The van der Waals surface area contributed by atoms with E-state index in [-0.39, 0.29) is 0 Å². The van der Waals surface area contributed by atoms with Crippen LogP contribution in [0.1, 0.15) is 22.3 Å². The van der Waals surface area contributed by atoms with Crippen LogP contribution in [-0.4, -0.2) is 4.57 Å². The van der Waals surface area contributed by atoms with E-state index in [4.69, 9.17) is 0 Å². The molecule has 0 amide bonds. The Labute approximate surface area is 408 Å². The fourth-order valence-electron chi connectivity index (χ4n) is 11.9. The minimum absolute atomic E-state index is 0.548. The van der Waals surface area contributed by atoms with Gasteiger partial charge in [-0.3, -0.25) is 0 Å². The van der Waals surface area contributed by atoms with Crippen LogP contribution in [0.5, 0.6) is 0 Å². The number of nitrogens with zero attached hydrogens (tertiary/aromatic N) is 3. The van der Waals surface area contributed by atoms with E-state index >= 15 is 0 Å². The van der Waals surface area contributed by atoms with Crippen molar-refractivity contribution < 1.29 is 0 Å². The lowest BCUT2D eigenvalue weighted by molar-refractivity contribution is 0.793. The molecule has 1 unspecified atom stereocenters. The Morgan fingerprint density at radius 2 is 0.800 bits per heavy atom. The second-order valence-electron chi connectivity index (χ2n) is 18.4. The molecule has 1 heterocycles. The minimum atomic E-state index is -0.548. The number of rotatable bonds is 8. The standard InChI is InChI=1S/C67H45N3/c1-5-21-46(22-6-1)47-23-19-30-51(43-47)69(49-26-9-3-10-27-49)64-38-20-36-62-66(64)57-33-14-17-35-60(57)67(62)59-34-16-13-31-54(59)58-44-52(40-42-61(58)67)68(48-24-7-2-8-25-48)53-39-41-56-55-32-15-18-37-63(55)70(65(56)45-53)50-28-11-4-12-29-50/h1-45H. The number of fused-ring (bicyclic) bond motifs is 13. The van der Waals surface area contributed by atoms with Gasteiger partial charge in [0.2, 0.25) is 0 Å². The molecule has 1 atom stereocenters. The van der Waals surface area contributed by atoms with Crippen LogP contribution >= 0.6 is 0 Å². The molecule has 0 aliphatic heterocycles. The summed E-state index contributed by atoms with van der Waals surface area (Å²) in [5.41, 5.74) is 22.2. The lowest BCUT2D eigenvalue weighted by Crippen LogP contribution is -2.26. The van der Waals surface area contributed by atoms with E-state index in [1.807, 2.05) is 0 Å². The van der Waals surface area contributed by atoms with Crippen LogP contribution in [0.2, 0.25) is 0 Å². The highest BCUT2D eigenvalue weighted by atomic mass is 15.2. The van der Waals surface area contributed by atoms with Crippen molar-refractivity contribution in [3.8, 4) is 39.1 Å². The maximum Gasteiger partial charge on any atom is 0.0726 e. The fourth-order valence-corrected chi connectivity index (χ4v) is 11.9. The van der Waals surface area contributed by atoms with E-state index in [2.05, 4.69) is 287 Å². The average Bonchev–Trinajstić information content (AvgIpc) is 4.04. The number of anilines is 6. The molecule has 1 spiro atoms. The Balaban J connectivity index is 0.979. The molecule has 3 heteroatoms. The normalized spacial score (nSPS) is 14.1. The summed E-state index contributed by atoms with van der Waals surface area (Å²) < 4.78 is 2.40. The minimum Gasteiger partial charge on any atom is -0.310 e. The first-order chi connectivity index (χ1) is 34.8. The predicted octanol–water partition coefficient (Wildman–Crippen LogP) is 17.7. The third-order valence-electron chi connectivity index (χ3n) is 14.7. The van der Waals surface area contributed by atoms with E-state index in [9.17, 15) is 0 Å². The second-order valence-corrected chi connectivity index (χ2v) is 18.4. The summed E-state index contributed by atoms with van der Waals surface area (Å²) in [6, 6.07) is 100. The summed E-state index contributed by atoms with van der Waals surface area (Å²) in [4.78, 5) is 4.88. The highest BCUT2D eigenvalue weighted by Crippen LogP contribution is 2.65. The quantitative estimate of drug-likeness (QED) is 0.151. The van der Waals surface area contributed by atoms with E-state index in [1.165, 1.54) is 77.4 Å². The van der Waals surface area contributed by atoms with Crippen LogP contribution in [0.4, 0.5) is 34.1 Å². The summed E-state index contributed by atoms with van der Waals surface area (Å²) in [6.07, 6.45) is 0. The van der Waals surface area contributed by atoms with Crippen molar-refractivity contribution in [3.63, 3.8) is 0 Å². The van der Waals surface area contributed by atoms with Crippen molar-refractivity contribution in [1.29, 1.82) is 0 Å². The molecule has 11 aromatic carbocycles. The van der Waals surface area contributed by atoms with Crippen molar-refractivity contribution in [1.82, 2.24) is 4.57 Å². The van der Waals surface area contributed by atoms with E-state index in [1.54, 1.807) is 0 Å². The van der Waals surface area contributed by atoms with Crippen molar-refractivity contribution in [3.05, 3.63) is 295 Å². The van der Waals surface area contributed by atoms with Gasteiger partial charge in [0.1, 0.15) is 0 Å². The van der Waals surface area contributed by atoms with Gasteiger partial charge in [0, 0.05) is 50.5 Å². The zero-order valence-corrected chi connectivity index (χ0v) is 38.3. The van der Waals surface area contributed by atoms with Gasteiger partial charge >= 0.3 is 0 Å². The molecule has 0 saturated heterocycles. The first-order valence-electron chi connectivity index (χ1n) is 24.2. The zero-order valence-electron chi connectivity index (χ0n) is 38.3. The molecular formula is C67H45N3. The highest BCUT2D eigenvalue weighted by molar-refractivity contribution is 6.10. The summed E-state index contributed by atoms with van der Waals surface area (Å²) in [5.74, 6) is 0. The van der Waals surface area contributed by atoms with Crippen LogP contribution in [0.25, 0.3) is 60.9 Å². The fraction of sp³-hybridized carbons (Fsp3) is 0.0149. The SMILES string of the molecule is c1ccc(-c2cccc(N(c3ccccc3)c3cccc4c3-c3ccccc3C43c4ccccc4-c4cc(N(c5ccccc5)c5ccc6c7ccccc7n(-c7ccccc7)c6c5)ccc43)c2)cc1. The maximum absolute atomic E-state index is 2.46. The molecule has 0 N–H and O–H groups in total. The number of hydrogen-bond donors (Lipinski definition) is 0. The summed E-state index contributed by atoms with van der Waals surface area (Å²) in [7, 11) is 0. The van der Waals surface area contributed by atoms with Gasteiger partial charge < -0.3 is 14.4 Å². The Hall–Kier alpha value is -9.18. The van der Waals surface area contributed by atoms with Crippen molar-refractivity contribution in [2.24, 2.45) is 0 Å². The molecule has 0 bridgehead atoms. The molecular weight excluding hydrogens is 847 g/mol. The Morgan fingerprint density at radius 1 is 0.286 bits per heavy atom. The van der Waals surface area contributed by atoms with Crippen molar-refractivity contribution in [2.75, 3.05) is 9.80 Å². The van der Waals surface area contributed by atoms with Crippen molar-refractivity contribution in [2.45, 2.75) is 5.41 Å². The van der Waals surface area contributed by atoms with Crippen LogP contribution < -0.4 is 9.80 Å². The number of hydrogen-bond acceptors (Lipinski definition) is 2. The van der Waals surface area contributed by atoms with Gasteiger partial charge in [-0.05, 0) is 135 Å². The molecule has 2 aliphatic carbocycles. The molecule has 70 heavy (non-hydrogen) atoms. The van der Waals surface area contributed by atoms with Gasteiger partial charge in [0.15, 0.2) is 0 Å². The third-order valence-corrected chi connectivity index (χ3v) is 14.7. The summed E-state index contributed by atoms with van der Waals surface area (Å²) >= 11 is 0. The molecule has 2 aliphatic rings. The third kappa shape index (κ3) is 5.95. The monoisotopic (exact) mass is 891 g/mol. The van der Waals surface area contributed by atoms with Crippen LogP contribution in [0.3, 0.4) is 0 Å². The van der Waals surface area contributed by atoms with Gasteiger partial charge in [0.05, 0.1) is 22.1 Å². The Kier molecular flexibility index (Phi) is 9.11. The molecule has 1 aromatic heterocycles. The Bertz CT molecular complexity index is 3950. The molecule has 0 radical (unpaired) electrons. The van der Waals surface area contributed by atoms with E-state index < -0.39 is 5.41 Å². The highest BCUT2D eigenvalue weighted by Gasteiger charge is 2.52. The second kappa shape index (κ2) is 16.0. The van der Waals surface area contributed by atoms with Crippen LogP contribution in [0, 0.1) is 0 Å².